The molecular weight excluding hydrogens is 399 g/mol. The summed E-state index contributed by atoms with van der Waals surface area (Å²) in [6.45, 7) is -0.777. The van der Waals surface area contributed by atoms with Crippen molar-refractivity contribution < 1.29 is 40.7 Å². The molecule has 0 radical (unpaired) electrons. The first kappa shape index (κ1) is 20.6. The highest BCUT2D eigenvalue weighted by Crippen LogP contribution is 2.38. The second-order valence-electron chi connectivity index (χ2n) is 5.43. The second kappa shape index (κ2) is 7.92. The molecule has 26 heavy (non-hydrogen) atoms. The quantitative estimate of drug-likeness (QED) is 0.713. The number of carbonyl (C=O) groups excluding carboxylic acids is 2. The molecule has 0 spiro atoms. The summed E-state index contributed by atoms with van der Waals surface area (Å²) in [5, 5.41) is 2.36. The zero-order chi connectivity index (χ0) is 19.5. The maximum Gasteiger partial charge on any atom is 0.411 e. The predicted octanol–water partition coefficient (Wildman–Crippen LogP) is 1.91. The van der Waals surface area contributed by atoms with E-state index in [-0.39, 0.29) is 35.1 Å². The summed E-state index contributed by atoms with van der Waals surface area (Å²) in [4.78, 5) is 24.4. The number of esters is 1. The Morgan fingerprint density at radius 3 is 2.62 bits per heavy atom. The molecule has 146 valence electrons. The summed E-state index contributed by atoms with van der Waals surface area (Å²) in [5.41, 5.74) is 0.528. The van der Waals surface area contributed by atoms with Crippen LogP contribution in [0.2, 0.25) is 0 Å². The van der Waals surface area contributed by atoms with E-state index in [9.17, 15) is 31.2 Å². The first-order valence-electron chi connectivity index (χ1n) is 7.49. The number of hydrogen-bond acceptors (Lipinski definition) is 7. The standard InChI is InChI=1S/C14H16F3NO6S2/c1-2-24-13(20)11-8-3-4-26(21,22)6-9(8)25-12(11)18-10(19)5-23-7-14(15,16)17/h2-7H2,1H3,(H,18,19). The Labute approximate surface area is 151 Å². The zero-order valence-corrected chi connectivity index (χ0v) is 15.3. The average Bonchev–Trinajstić information content (AvgIpc) is 2.81. The van der Waals surface area contributed by atoms with Gasteiger partial charge in [-0.1, -0.05) is 0 Å². The van der Waals surface area contributed by atoms with Gasteiger partial charge in [0.25, 0.3) is 5.91 Å². The third-order valence-corrected chi connectivity index (χ3v) is 6.22. The van der Waals surface area contributed by atoms with Gasteiger partial charge in [-0.15, -0.1) is 11.3 Å². The van der Waals surface area contributed by atoms with Crippen molar-refractivity contribution in [3.05, 3.63) is 16.0 Å². The molecule has 0 atom stereocenters. The fourth-order valence-corrected chi connectivity index (χ4v) is 5.41. The maximum atomic E-state index is 12.2. The number of halogens is 3. The fourth-order valence-electron chi connectivity index (χ4n) is 2.35. The van der Waals surface area contributed by atoms with E-state index < -0.39 is 41.1 Å². The molecule has 12 heteroatoms. The second-order valence-corrected chi connectivity index (χ2v) is 8.72. The van der Waals surface area contributed by atoms with Gasteiger partial charge in [0, 0.05) is 4.88 Å². The lowest BCUT2D eigenvalue weighted by atomic mass is 10.1. The van der Waals surface area contributed by atoms with Crippen molar-refractivity contribution in [1.82, 2.24) is 0 Å². The Morgan fingerprint density at radius 2 is 2.00 bits per heavy atom. The van der Waals surface area contributed by atoms with Crippen LogP contribution < -0.4 is 5.32 Å². The van der Waals surface area contributed by atoms with Crippen molar-refractivity contribution in [3.8, 4) is 0 Å². The number of fused-ring (bicyclic) bond motifs is 1. The van der Waals surface area contributed by atoms with Crippen molar-refractivity contribution in [2.75, 3.05) is 30.9 Å². The largest absolute Gasteiger partial charge is 0.462 e. The van der Waals surface area contributed by atoms with E-state index in [4.69, 9.17) is 4.74 Å². The summed E-state index contributed by atoms with van der Waals surface area (Å²) in [5.74, 6) is -2.01. The van der Waals surface area contributed by atoms with Crippen LogP contribution in [0, 0.1) is 0 Å². The monoisotopic (exact) mass is 415 g/mol. The van der Waals surface area contributed by atoms with Crippen molar-refractivity contribution in [2.45, 2.75) is 25.3 Å². The lowest BCUT2D eigenvalue weighted by molar-refractivity contribution is -0.174. The third kappa shape index (κ3) is 5.42. The number of hydrogen-bond donors (Lipinski definition) is 1. The van der Waals surface area contributed by atoms with Crippen LogP contribution in [0.5, 0.6) is 0 Å². The lowest BCUT2D eigenvalue weighted by Crippen LogP contribution is -2.24. The molecule has 0 unspecified atom stereocenters. The van der Waals surface area contributed by atoms with Crippen molar-refractivity contribution in [1.29, 1.82) is 0 Å². The van der Waals surface area contributed by atoms with Gasteiger partial charge >= 0.3 is 12.1 Å². The molecule has 7 nitrogen and oxygen atoms in total. The molecular formula is C14H16F3NO6S2. The summed E-state index contributed by atoms with van der Waals surface area (Å²) < 4.78 is 68.9. The third-order valence-electron chi connectivity index (χ3n) is 3.34. The molecule has 1 aliphatic rings. The minimum Gasteiger partial charge on any atom is -0.462 e. The fraction of sp³-hybridized carbons (Fsp3) is 0.571. The van der Waals surface area contributed by atoms with Gasteiger partial charge in [0.1, 0.15) is 18.2 Å². The van der Waals surface area contributed by atoms with Crippen LogP contribution in [-0.2, 0) is 36.3 Å². The summed E-state index contributed by atoms with van der Waals surface area (Å²) in [7, 11) is -3.30. The van der Waals surface area contributed by atoms with E-state index in [0.29, 0.717) is 10.4 Å². The highest BCUT2D eigenvalue weighted by atomic mass is 32.2. The summed E-state index contributed by atoms with van der Waals surface area (Å²) >= 11 is 0.896. The normalized spacial score (nSPS) is 16.0. The minimum absolute atomic E-state index is 0.0471. The van der Waals surface area contributed by atoms with Crippen LogP contribution in [0.25, 0.3) is 0 Å². The van der Waals surface area contributed by atoms with Gasteiger partial charge in [0.2, 0.25) is 0 Å². The Kier molecular flexibility index (Phi) is 6.29. The van der Waals surface area contributed by atoms with Gasteiger partial charge in [-0.2, -0.15) is 13.2 Å². The maximum absolute atomic E-state index is 12.2. The molecule has 2 rings (SSSR count). The molecule has 0 fully saturated rings. The summed E-state index contributed by atoms with van der Waals surface area (Å²) in [6.07, 6.45) is -4.46. The van der Waals surface area contributed by atoms with Crippen LogP contribution in [-0.4, -0.2) is 52.0 Å². The Bertz CT molecular complexity index is 800. The van der Waals surface area contributed by atoms with E-state index in [0.717, 1.165) is 11.3 Å². The predicted molar refractivity (Wildman–Crippen MR) is 87.0 cm³/mol. The van der Waals surface area contributed by atoms with Crippen LogP contribution in [0.1, 0.15) is 27.7 Å². The first-order valence-corrected chi connectivity index (χ1v) is 10.1. The van der Waals surface area contributed by atoms with Crippen molar-refractivity contribution in [3.63, 3.8) is 0 Å². The Hall–Kier alpha value is -1.66. The SMILES string of the molecule is CCOC(=O)c1c(NC(=O)COCC(F)(F)F)sc2c1CCS(=O)(=O)C2. The van der Waals surface area contributed by atoms with E-state index >= 15 is 0 Å². The Balaban J connectivity index is 2.20. The van der Waals surface area contributed by atoms with E-state index in [1.54, 1.807) is 6.92 Å². The number of thiophene rings is 1. The highest BCUT2D eigenvalue weighted by Gasteiger charge is 2.32. The van der Waals surface area contributed by atoms with Crippen molar-refractivity contribution in [2.24, 2.45) is 0 Å². The molecule has 1 amide bonds. The molecule has 0 aliphatic carbocycles. The highest BCUT2D eigenvalue weighted by molar-refractivity contribution is 7.90. The number of amides is 1. The van der Waals surface area contributed by atoms with E-state index in [1.165, 1.54) is 0 Å². The average molecular weight is 415 g/mol. The van der Waals surface area contributed by atoms with E-state index in [1.807, 2.05) is 0 Å². The van der Waals surface area contributed by atoms with Crippen molar-refractivity contribution >= 4 is 38.1 Å². The minimum atomic E-state index is -4.56. The number of sulfone groups is 1. The van der Waals surface area contributed by atoms with Gasteiger partial charge in [-0.05, 0) is 18.9 Å². The van der Waals surface area contributed by atoms with Crippen LogP contribution in [0.4, 0.5) is 18.2 Å². The molecule has 0 saturated heterocycles. The number of alkyl halides is 3. The molecule has 2 heterocycles. The zero-order valence-electron chi connectivity index (χ0n) is 13.6. The molecule has 0 bridgehead atoms. The molecule has 0 saturated carbocycles. The van der Waals surface area contributed by atoms with Crippen LogP contribution >= 0.6 is 11.3 Å². The van der Waals surface area contributed by atoms with Crippen LogP contribution in [0.15, 0.2) is 0 Å². The number of nitrogens with one attached hydrogen (secondary N) is 1. The van der Waals surface area contributed by atoms with Gasteiger partial charge in [-0.3, -0.25) is 4.79 Å². The first-order chi connectivity index (χ1) is 12.0. The van der Waals surface area contributed by atoms with Crippen LogP contribution in [0.3, 0.4) is 0 Å². The molecule has 0 aromatic carbocycles. The van der Waals surface area contributed by atoms with Gasteiger partial charge in [0.15, 0.2) is 9.84 Å². The molecule has 1 aromatic heterocycles. The lowest BCUT2D eigenvalue weighted by Gasteiger charge is -2.13. The molecule has 1 N–H and O–H groups in total. The molecule has 1 aliphatic heterocycles. The van der Waals surface area contributed by atoms with Gasteiger partial charge in [-0.25, -0.2) is 13.2 Å². The topological polar surface area (TPSA) is 98.8 Å². The van der Waals surface area contributed by atoms with Gasteiger partial charge in [0.05, 0.1) is 23.7 Å². The number of anilines is 1. The number of rotatable bonds is 6. The van der Waals surface area contributed by atoms with E-state index in [2.05, 4.69) is 10.1 Å². The number of carbonyl (C=O) groups is 2. The Morgan fingerprint density at radius 1 is 1.31 bits per heavy atom. The smallest absolute Gasteiger partial charge is 0.411 e. The summed E-state index contributed by atoms with van der Waals surface area (Å²) in [6, 6.07) is 0. The van der Waals surface area contributed by atoms with Gasteiger partial charge < -0.3 is 14.8 Å². The molecule has 1 aromatic rings. The number of ether oxygens (including phenoxy) is 2.